The summed E-state index contributed by atoms with van der Waals surface area (Å²) in [6.45, 7) is 10.8. The zero-order chi connectivity index (χ0) is 21.2. The van der Waals surface area contributed by atoms with Gasteiger partial charge in [-0.15, -0.1) is 24.0 Å². The van der Waals surface area contributed by atoms with Crippen molar-refractivity contribution >= 4 is 35.9 Å². The van der Waals surface area contributed by atoms with Crippen LogP contribution in [0.4, 0.5) is 0 Å². The molecule has 0 spiro atoms. The molecule has 7 nitrogen and oxygen atoms in total. The van der Waals surface area contributed by atoms with Crippen molar-refractivity contribution in [2.75, 3.05) is 59.1 Å². The van der Waals surface area contributed by atoms with Gasteiger partial charge in [0.25, 0.3) is 0 Å². The Morgan fingerprint density at radius 2 is 1.97 bits per heavy atom. The number of benzene rings is 1. The number of hydrogen-bond acceptors (Lipinski definition) is 5. The molecule has 2 saturated heterocycles. The van der Waals surface area contributed by atoms with Gasteiger partial charge in [0.1, 0.15) is 0 Å². The minimum Gasteiger partial charge on any atom is -0.466 e. The van der Waals surface area contributed by atoms with E-state index in [-0.39, 0.29) is 41.9 Å². The fraction of sp³-hybridized carbons (Fsp3) is 0.652. The van der Waals surface area contributed by atoms with Crippen molar-refractivity contribution in [3.63, 3.8) is 0 Å². The number of morpholine rings is 1. The number of carbonyl (C=O) groups excluding carboxylic acids is 1. The van der Waals surface area contributed by atoms with Gasteiger partial charge in [-0.3, -0.25) is 14.7 Å². The molecule has 0 amide bonds. The van der Waals surface area contributed by atoms with Crippen LogP contribution < -0.4 is 5.32 Å². The molecule has 2 aliphatic heterocycles. The van der Waals surface area contributed by atoms with Crippen LogP contribution in [0.5, 0.6) is 0 Å². The molecule has 0 aromatic heterocycles. The zero-order valence-corrected chi connectivity index (χ0v) is 21.1. The van der Waals surface area contributed by atoms with Crippen LogP contribution in [-0.4, -0.2) is 80.8 Å². The third-order valence-electron chi connectivity index (χ3n) is 5.76. The quantitative estimate of drug-likeness (QED) is 0.247. The molecule has 3 rings (SSSR count). The zero-order valence-electron chi connectivity index (χ0n) is 18.8. The number of esters is 1. The second-order valence-corrected chi connectivity index (χ2v) is 7.81. The maximum absolute atomic E-state index is 12.3. The standard InChI is InChI=1S/C23H36N4O3.HI/c1-3-24-23(27-12-8-11-20(18-27)22(28)30-4-2)25-17-21(19-9-6-5-7-10-19)26-13-15-29-16-14-26;/h5-7,9-10,20-21H,3-4,8,11-18H2,1-2H3,(H,24,25);1H/t20-,21?;/m1./s1. The summed E-state index contributed by atoms with van der Waals surface area (Å²) in [6.07, 6.45) is 1.86. The predicted molar refractivity (Wildman–Crippen MR) is 134 cm³/mol. The van der Waals surface area contributed by atoms with Crippen molar-refractivity contribution in [3.8, 4) is 0 Å². The van der Waals surface area contributed by atoms with Crippen molar-refractivity contribution in [1.82, 2.24) is 15.1 Å². The summed E-state index contributed by atoms with van der Waals surface area (Å²) in [5, 5.41) is 3.43. The van der Waals surface area contributed by atoms with Crippen LogP contribution in [-0.2, 0) is 14.3 Å². The fourth-order valence-electron chi connectivity index (χ4n) is 4.22. The van der Waals surface area contributed by atoms with E-state index in [2.05, 4.69) is 52.4 Å². The maximum atomic E-state index is 12.3. The molecule has 31 heavy (non-hydrogen) atoms. The first-order chi connectivity index (χ1) is 14.7. The Labute approximate surface area is 203 Å². The summed E-state index contributed by atoms with van der Waals surface area (Å²) in [5.74, 6) is 0.723. The summed E-state index contributed by atoms with van der Waals surface area (Å²) >= 11 is 0. The third-order valence-corrected chi connectivity index (χ3v) is 5.76. The molecule has 2 atom stereocenters. The van der Waals surface area contributed by atoms with Crippen molar-refractivity contribution in [2.24, 2.45) is 10.9 Å². The predicted octanol–water partition coefficient (Wildman–Crippen LogP) is 2.92. The molecule has 1 N–H and O–H groups in total. The molecular weight excluding hydrogens is 507 g/mol. The lowest BCUT2D eigenvalue weighted by molar-refractivity contribution is -0.149. The van der Waals surface area contributed by atoms with Gasteiger partial charge in [0.15, 0.2) is 5.96 Å². The van der Waals surface area contributed by atoms with Crippen molar-refractivity contribution in [2.45, 2.75) is 32.7 Å². The number of halogens is 1. The Hall–Kier alpha value is -1.39. The molecule has 2 heterocycles. The fourth-order valence-corrected chi connectivity index (χ4v) is 4.22. The number of aliphatic imine (C=N–C) groups is 1. The van der Waals surface area contributed by atoms with Gasteiger partial charge < -0.3 is 19.7 Å². The molecule has 0 bridgehead atoms. The van der Waals surface area contributed by atoms with Gasteiger partial charge in [-0.2, -0.15) is 0 Å². The Balaban J connectivity index is 0.00000341. The van der Waals surface area contributed by atoms with E-state index in [0.29, 0.717) is 19.7 Å². The van der Waals surface area contributed by atoms with Gasteiger partial charge in [-0.05, 0) is 32.3 Å². The second-order valence-electron chi connectivity index (χ2n) is 7.81. The number of piperidine rings is 1. The molecule has 1 aromatic rings. The lowest BCUT2D eigenvalue weighted by Gasteiger charge is -2.36. The van der Waals surface area contributed by atoms with Crippen LogP contribution in [0.2, 0.25) is 0 Å². The molecular formula is C23H37IN4O3. The molecule has 2 aliphatic rings. The van der Waals surface area contributed by atoms with Crippen LogP contribution in [0.3, 0.4) is 0 Å². The Morgan fingerprint density at radius 3 is 2.65 bits per heavy atom. The molecule has 0 saturated carbocycles. The van der Waals surface area contributed by atoms with Crippen LogP contribution >= 0.6 is 24.0 Å². The van der Waals surface area contributed by atoms with Crippen LogP contribution in [0, 0.1) is 5.92 Å². The second kappa shape index (κ2) is 13.9. The van der Waals surface area contributed by atoms with Gasteiger partial charge in [0.2, 0.25) is 0 Å². The highest BCUT2D eigenvalue weighted by Gasteiger charge is 2.29. The Morgan fingerprint density at radius 1 is 1.23 bits per heavy atom. The van der Waals surface area contributed by atoms with Crippen LogP contribution in [0.1, 0.15) is 38.3 Å². The smallest absolute Gasteiger partial charge is 0.310 e. The molecule has 2 fully saturated rings. The average molecular weight is 544 g/mol. The van der Waals surface area contributed by atoms with E-state index >= 15 is 0 Å². The number of ether oxygens (including phenoxy) is 2. The lowest BCUT2D eigenvalue weighted by Crippen LogP contribution is -2.48. The highest BCUT2D eigenvalue weighted by atomic mass is 127. The van der Waals surface area contributed by atoms with E-state index in [1.807, 2.05) is 6.92 Å². The Kier molecular flexibility index (Phi) is 11.6. The van der Waals surface area contributed by atoms with Crippen molar-refractivity contribution in [3.05, 3.63) is 35.9 Å². The van der Waals surface area contributed by atoms with E-state index < -0.39 is 0 Å². The number of hydrogen-bond donors (Lipinski definition) is 1. The molecule has 174 valence electrons. The van der Waals surface area contributed by atoms with Gasteiger partial charge in [0, 0.05) is 32.7 Å². The van der Waals surface area contributed by atoms with Gasteiger partial charge in [-0.25, -0.2) is 0 Å². The average Bonchev–Trinajstić information content (AvgIpc) is 2.80. The van der Waals surface area contributed by atoms with Gasteiger partial charge in [0.05, 0.1) is 38.3 Å². The summed E-state index contributed by atoms with van der Waals surface area (Å²) in [5.41, 5.74) is 1.28. The van der Waals surface area contributed by atoms with E-state index in [1.54, 1.807) is 0 Å². The normalized spacial score (nSPS) is 21.2. The molecule has 1 aromatic carbocycles. The van der Waals surface area contributed by atoms with Crippen LogP contribution in [0.25, 0.3) is 0 Å². The number of guanidine groups is 1. The van der Waals surface area contributed by atoms with Gasteiger partial charge >= 0.3 is 5.97 Å². The van der Waals surface area contributed by atoms with E-state index in [1.165, 1.54) is 5.56 Å². The summed E-state index contributed by atoms with van der Waals surface area (Å²) in [4.78, 5) is 22.0. The number of nitrogens with one attached hydrogen (secondary N) is 1. The van der Waals surface area contributed by atoms with E-state index in [0.717, 1.165) is 58.2 Å². The number of nitrogens with zero attached hydrogens (tertiary/aromatic N) is 3. The number of rotatable bonds is 7. The number of carbonyl (C=O) groups is 1. The third kappa shape index (κ3) is 7.61. The number of likely N-dealkylation sites (tertiary alicyclic amines) is 1. The topological polar surface area (TPSA) is 66.4 Å². The first-order valence-corrected chi connectivity index (χ1v) is 11.3. The molecule has 1 unspecified atom stereocenters. The first kappa shape index (κ1) is 25.9. The minimum absolute atomic E-state index is 0. The van der Waals surface area contributed by atoms with Crippen molar-refractivity contribution in [1.29, 1.82) is 0 Å². The lowest BCUT2D eigenvalue weighted by atomic mass is 9.98. The molecule has 0 aliphatic carbocycles. The summed E-state index contributed by atoms with van der Waals surface area (Å²) < 4.78 is 10.8. The highest BCUT2D eigenvalue weighted by Crippen LogP contribution is 2.23. The maximum Gasteiger partial charge on any atom is 0.310 e. The summed E-state index contributed by atoms with van der Waals surface area (Å²) in [7, 11) is 0. The first-order valence-electron chi connectivity index (χ1n) is 11.3. The van der Waals surface area contributed by atoms with E-state index in [9.17, 15) is 4.79 Å². The molecule has 0 radical (unpaired) electrons. The minimum atomic E-state index is -0.0893. The van der Waals surface area contributed by atoms with E-state index in [4.69, 9.17) is 14.5 Å². The Bertz CT molecular complexity index is 683. The molecule has 8 heteroatoms. The highest BCUT2D eigenvalue weighted by molar-refractivity contribution is 14.0. The van der Waals surface area contributed by atoms with Crippen LogP contribution in [0.15, 0.2) is 35.3 Å². The van der Waals surface area contributed by atoms with Crippen molar-refractivity contribution < 1.29 is 14.3 Å². The largest absolute Gasteiger partial charge is 0.466 e. The SMILES string of the molecule is CCNC(=NCC(c1ccccc1)N1CCOCC1)N1CCC[C@@H](C(=O)OCC)C1.I. The monoisotopic (exact) mass is 544 g/mol. The van der Waals surface area contributed by atoms with Gasteiger partial charge in [-0.1, -0.05) is 30.3 Å². The summed E-state index contributed by atoms with van der Waals surface area (Å²) in [6, 6.07) is 10.8.